The average Bonchev–Trinajstić information content (AvgIpc) is 3.24. The van der Waals surface area contributed by atoms with Crippen LogP contribution in [0.2, 0.25) is 5.02 Å². The number of aryl methyl sites for hydroxylation is 1. The predicted octanol–water partition coefficient (Wildman–Crippen LogP) is 4.85. The van der Waals surface area contributed by atoms with E-state index in [2.05, 4.69) is 45.4 Å². The van der Waals surface area contributed by atoms with E-state index in [0.717, 1.165) is 66.4 Å². The first-order valence-corrected chi connectivity index (χ1v) is 11.2. The van der Waals surface area contributed by atoms with Crippen LogP contribution in [0.4, 0.5) is 23.1 Å². The Morgan fingerprint density at radius 1 is 0.897 bits per heavy atom. The lowest BCUT2D eigenvalue weighted by Crippen LogP contribution is -2.47. The van der Waals surface area contributed by atoms with E-state index in [0.29, 0.717) is 5.02 Å². The molecule has 148 valence electrons. The molecule has 3 aromatic rings. The molecule has 0 amide bonds. The minimum atomic E-state index is 0.714. The van der Waals surface area contributed by atoms with Gasteiger partial charge in [-0.15, -0.1) is 11.8 Å². The molecule has 1 N–H and O–H groups in total. The van der Waals surface area contributed by atoms with Crippen molar-refractivity contribution >= 4 is 46.5 Å². The molecule has 5 nitrogen and oxygen atoms in total. The molecule has 2 aliphatic heterocycles. The van der Waals surface area contributed by atoms with E-state index in [1.54, 1.807) is 0 Å². The van der Waals surface area contributed by atoms with Crippen LogP contribution in [0.15, 0.2) is 59.5 Å². The van der Waals surface area contributed by atoms with Crippen LogP contribution in [0.1, 0.15) is 5.69 Å². The van der Waals surface area contributed by atoms with Crippen molar-refractivity contribution in [3.8, 4) is 0 Å². The molecule has 3 heterocycles. The van der Waals surface area contributed by atoms with Crippen LogP contribution in [0.5, 0.6) is 0 Å². The minimum Gasteiger partial charge on any atom is -0.368 e. The summed E-state index contributed by atoms with van der Waals surface area (Å²) in [5, 5.41) is 4.18. The number of nitrogens with one attached hydrogen (secondary N) is 1. The van der Waals surface area contributed by atoms with Crippen LogP contribution >= 0.6 is 23.4 Å². The Morgan fingerprint density at radius 3 is 2.48 bits per heavy atom. The standard InChI is InChI=1S/C22H22ClN5S/c23-16-5-4-6-17(15-16)24-21-20-19(9-14-29-20)25-22(26-21)28-12-10-27(11-13-28)18-7-2-1-3-8-18/h1-8,15H,9-14H2,(H,24,25,26). The number of benzene rings is 2. The van der Waals surface area contributed by atoms with Gasteiger partial charge in [0.2, 0.25) is 5.95 Å². The Bertz CT molecular complexity index is 1010. The number of fused-ring (bicyclic) bond motifs is 1. The maximum atomic E-state index is 6.15. The summed E-state index contributed by atoms with van der Waals surface area (Å²) in [4.78, 5) is 15.7. The van der Waals surface area contributed by atoms with E-state index in [4.69, 9.17) is 21.6 Å². The first-order valence-electron chi connectivity index (χ1n) is 9.87. The summed E-state index contributed by atoms with van der Waals surface area (Å²) in [6.07, 6.45) is 0.990. The second-order valence-electron chi connectivity index (χ2n) is 7.19. The molecule has 1 fully saturated rings. The highest BCUT2D eigenvalue weighted by Gasteiger charge is 2.25. The van der Waals surface area contributed by atoms with Crippen molar-refractivity contribution in [1.82, 2.24) is 9.97 Å². The van der Waals surface area contributed by atoms with Gasteiger partial charge in [0.1, 0.15) is 5.82 Å². The highest BCUT2D eigenvalue weighted by molar-refractivity contribution is 7.99. The van der Waals surface area contributed by atoms with Gasteiger partial charge in [0.05, 0.1) is 10.6 Å². The van der Waals surface area contributed by atoms with Crippen LogP contribution in [0, 0.1) is 0 Å². The van der Waals surface area contributed by atoms with E-state index >= 15 is 0 Å². The summed E-state index contributed by atoms with van der Waals surface area (Å²) in [5.74, 6) is 2.77. The molecular weight excluding hydrogens is 402 g/mol. The number of para-hydroxylation sites is 1. The van der Waals surface area contributed by atoms with Crippen LogP contribution in [-0.2, 0) is 6.42 Å². The molecule has 0 atom stereocenters. The fourth-order valence-corrected chi connectivity index (χ4v) is 5.02. The van der Waals surface area contributed by atoms with Gasteiger partial charge in [-0.2, -0.15) is 4.98 Å². The number of rotatable bonds is 4. The lowest BCUT2D eigenvalue weighted by Gasteiger charge is -2.36. The molecule has 0 spiro atoms. The first kappa shape index (κ1) is 18.6. The maximum Gasteiger partial charge on any atom is 0.227 e. The van der Waals surface area contributed by atoms with Gasteiger partial charge in [-0.05, 0) is 30.3 Å². The molecule has 1 aromatic heterocycles. The number of nitrogens with zero attached hydrogens (tertiary/aromatic N) is 4. The summed E-state index contributed by atoms with van der Waals surface area (Å²) in [5.41, 5.74) is 3.38. The van der Waals surface area contributed by atoms with Crippen molar-refractivity contribution in [2.45, 2.75) is 11.3 Å². The Kier molecular flexibility index (Phi) is 5.21. The van der Waals surface area contributed by atoms with Gasteiger partial charge >= 0.3 is 0 Å². The molecule has 2 aromatic carbocycles. The zero-order chi connectivity index (χ0) is 19.6. The van der Waals surface area contributed by atoms with E-state index in [1.165, 1.54) is 5.69 Å². The van der Waals surface area contributed by atoms with Gasteiger partial charge in [-0.3, -0.25) is 0 Å². The van der Waals surface area contributed by atoms with Crippen LogP contribution in [0.3, 0.4) is 0 Å². The lowest BCUT2D eigenvalue weighted by molar-refractivity contribution is 0.638. The summed E-state index contributed by atoms with van der Waals surface area (Å²) in [7, 11) is 0. The largest absolute Gasteiger partial charge is 0.368 e. The number of halogens is 1. The second kappa shape index (κ2) is 8.13. The third kappa shape index (κ3) is 4.00. The molecule has 1 saturated heterocycles. The fraction of sp³-hybridized carbons (Fsp3) is 0.273. The Hall–Kier alpha value is -2.44. The molecule has 0 unspecified atom stereocenters. The number of hydrogen-bond acceptors (Lipinski definition) is 6. The number of anilines is 4. The number of aromatic nitrogens is 2. The topological polar surface area (TPSA) is 44.3 Å². The Labute approximate surface area is 180 Å². The highest BCUT2D eigenvalue weighted by Crippen LogP contribution is 2.38. The molecule has 0 saturated carbocycles. The molecule has 5 rings (SSSR count). The first-order chi connectivity index (χ1) is 14.3. The molecule has 2 aliphatic rings. The number of hydrogen-bond donors (Lipinski definition) is 1. The van der Waals surface area contributed by atoms with Crippen molar-refractivity contribution < 1.29 is 0 Å². The molecule has 29 heavy (non-hydrogen) atoms. The number of thioether (sulfide) groups is 1. The maximum absolute atomic E-state index is 6.15. The summed E-state index contributed by atoms with van der Waals surface area (Å²) >= 11 is 7.98. The third-order valence-corrected chi connectivity index (χ3v) is 6.64. The van der Waals surface area contributed by atoms with Crippen molar-refractivity contribution in [3.63, 3.8) is 0 Å². The smallest absolute Gasteiger partial charge is 0.227 e. The van der Waals surface area contributed by atoms with Crippen molar-refractivity contribution in [3.05, 3.63) is 65.3 Å². The van der Waals surface area contributed by atoms with Crippen molar-refractivity contribution in [2.75, 3.05) is 47.0 Å². The zero-order valence-corrected chi connectivity index (χ0v) is 17.6. The van der Waals surface area contributed by atoms with Gasteiger partial charge in [-0.25, -0.2) is 4.98 Å². The average molecular weight is 424 g/mol. The molecule has 0 radical (unpaired) electrons. The van der Waals surface area contributed by atoms with Gasteiger partial charge in [0.25, 0.3) is 0 Å². The molecule has 0 aliphatic carbocycles. The van der Waals surface area contributed by atoms with E-state index in [9.17, 15) is 0 Å². The zero-order valence-electron chi connectivity index (χ0n) is 16.0. The third-order valence-electron chi connectivity index (χ3n) is 5.28. The fourth-order valence-electron chi connectivity index (χ4n) is 3.79. The van der Waals surface area contributed by atoms with Crippen LogP contribution in [0.25, 0.3) is 0 Å². The normalized spacial score (nSPS) is 16.0. The van der Waals surface area contributed by atoms with Crippen LogP contribution < -0.4 is 15.1 Å². The van der Waals surface area contributed by atoms with Crippen LogP contribution in [-0.4, -0.2) is 41.9 Å². The minimum absolute atomic E-state index is 0.714. The predicted molar refractivity (Wildman–Crippen MR) is 122 cm³/mol. The summed E-state index contributed by atoms with van der Waals surface area (Å²) < 4.78 is 0. The SMILES string of the molecule is Clc1cccc(Nc2nc(N3CCN(c4ccccc4)CC3)nc3c2SCC3)c1. The molecule has 0 bridgehead atoms. The van der Waals surface area contributed by atoms with Gasteiger partial charge in [0, 0.05) is 54.8 Å². The molecule has 7 heteroatoms. The van der Waals surface area contributed by atoms with E-state index < -0.39 is 0 Å². The lowest BCUT2D eigenvalue weighted by atomic mass is 10.2. The van der Waals surface area contributed by atoms with Crippen molar-refractivity contribution in [2.24, 2.45) is 0 Å². The van der Waals surface area contributed by atoms with Gasteiger partial charge in [0.15, 0.2) is 0 Å². The molecular formula is C22H22ClN5S. The summed E-state index contributed by atoms with van der Waals surface area (Å²) in [6.45, 7) is 3.77. The van der Waals surface area contributed by atoms with Crippen molar-refractivity contribution in [1.29, 1.82) is 0 Å². The van der Waals surface area contributed by atoms with Gasteiger partial charge < -0.3 is 15.1 Å². The Morgan fingerprint density at radius 2 is 1.69 bits per heavy atom. The quantitative estimate of drug-likeness (QED) is 0.647. The van der Waals surface area contributed by atoms with E-state index in [1.807, 2.05) is 36.0 Å². The van der Waals surface area contributed by atoms with Gasteiger partial charge in [-0.1, -0.05) is 35.9 Å². The number of piperazine rings is 1. The Balaban J connectivity index is 1.37. The monoisotopic (exact) mass is 423 g/mol. The second-order valence-corrected chi connectivity index (χ2v) is 8.73. The highest BCUT2D eigenvalue weighted by atomic mass is 35.5. The van der Waals surface area contributed by atoms with E-state index in [-0.39, 0.29) is 0 Å². The summed E-state index contributed by atoms with van der Waals surface area (Å²) in [6, 6.07) is 18.4.